The van der Waals surface area contributed by atoms with Crippen LogP contribution in [0.1, 0.15) is 5.56 Å². The van der Waals surface area contributed by atoms with Gasteiger partial charge in [-0.3, -0.25) is 4.57 Å². The molecule has 1 heterocycles. The Morgan fingerprint density at radius 2 is 2.05 bits per heavy atom. The van der Waals surface area contributed by atoms with Crippen molar-refractivity contribution in [2.24, 2.45) is 0 Å². The van der Waals surface area contributed by atoms with Gasteiger partial charge in [0.15, 0.2) is 5.58 Å². The van der Waals surface area contributed by atoms with Crippen LogP contribution in [0.15, 0.2) is 51.7 Å². The van der Waals surface area contributed by atoms with Crippen LogP contribution in [0.25, 0.3) is 11.1 Å². The Labute approximate surface area is 112 Å². The van der Waals surface area contributed by atoms with E-state index in [-0.39, 0.29) is 5.58 Å². The standard InChI is InChI=1S/C14H9ClFNO2/c15-10-3-1-2-9(6-10)8-17-12-5-4-11(16)7-13(12)19-14(17)18/h1-7H,8H2. The first-order valence-corrected chi connectivity index (χ1v) is 6.04. The smallest absolute Gasteiger partial charge is 0.408 e. The second kappa shape index (κ2) is 4.55. The Bertz CT molecular complexity index is 807. The normalized spacial score (nSPS) is 11.1. The summed E-state index contributed by atoms with van der Waals surface area (Å²) in [5.74, 6) is -0.947. The zero-order valence-corrected chi connectivity index (χ0v) is 10.5. The van der Waals surface area contributed by atoms with Crippen molar-refractivity contribution in [1.29, 1.82) is 0 Å². The van der Waals surface area contributed by atoms with Gasteiger partial charge in [0.2, 0.25) is 0 Å². The van der Waals surface area contributed by atoms with E-state index in [1.165, 1.54) is 22.8 Å². The van der Waals surface area contributed by atoms with Gasteiger partial charge in [0, 0.05) is 11.1 Å². The third-order valence-corrected chi connectivity index (χ3v) is 3.10. The molecule has 0 atom stereocenters. The van der Waals surface area contributed by atoms with E-state index in [0.29, 0.717) is 17.1 Å². The van der Waals surface area contributed by atoms with E-state index in [1.54, 1.807) is 12.1 Å². The van der Waals surface area contributed by atoms with E-state index in [2.05, 4.69) is 0 Å². The maximum absolute atomic E-state index is 13.1. The molecule has 0 aliphatic heterocycles. The number of hydrogen-bond donors (Lipinski definition) is 0. The van der Waals surface area contributed by atoms with Crippen molar-refractivity contribution in [3.8, 4) is 0 Å². The van der Waals surface area contributed by atoms with Crippen LogP contribution in [0.2, 0.25) is 5.02 Å². The minimum absolute atomic E-state index is 0.243. The van der Waals surface area contributed by atoms with Gasteiger partial charge in [0.05, 0.1) is 12.1 Å². The molecular weight excluding hydrogens is 269 g/mol. The number of fused-ring (bicyclic) bond motifs is 1. The lowest BCUT2D eigenvalue weighted by Gasteiger charge is -2.03. The van der Waals surface area contributed by atoms with Crippen LogP contribution < -0.4 is 5.76 Å². The molecule has 0 radical (unpaired) electrons. The van der Waals surface area contributed by atoms with Crippen molar-refractivity contribution in [3.05, 3.63) is 69.4 Å². The van der Waals surface area contributed by atoms with Crippen molar-refractivity contribution in [1.82, 2.24) is 4.57 Å². The van der Waals surface area contributed by atoms with Crippen LogP contribution in [0.5, 0.6) is 0 Å². The van der Waals surface area contributed by atoms with E-state index in [0.717, 1.165) is 5.56 Å². The number of hydrogen-bond acceptors (Lipinski definition) is 2. The maximum Gasteiger partial charge on any atom is 0.420 e. The first-order chi connectivity index (χ1) is 9.13. The van der Waals surface area contributed by atoms with Gasteiger partial charge in [-0.05, 0) is 29.8 Å². The van der Waals surface area contributed by atoms with Gasteiger partial charge in [0.1, 0.15) is 5.82 Å². The molecule has 19 heavy (non-hydrogen) atoms. The minimum atomic E-state index is -0.513. The van der Waals surface area contributed by atoms with E-state index in [1.807, 2.05) is 12.1 Å². The Morgan fingerprint density at radius 3 is 2.84 bits per heavy atom. The fourth-order valence-corrected chi connectivity index (χ4v) is 2.22. The quantitative estimate of drug-likeness (QED) is 0.719. The number of oxazole rings is 1. The number of rotatable bonds is 2. The highest BCUT2D eigenvalue weighted by Crippen LogP contribution is 2.17. The van der Waals surface area contributed by atoms with E-state index >= 15 is 0 Å². The lowest BCUT2D eigenvalue weighted by atomic mass is 10.2. The number of halogens is 2. The zero-order valence-electron chi connectivity index (χ0n) is 9.77. The highest BCUT2D eigenvalue weighted by atomic mass is 35.5. The SMILES string of the molecule is O=c1oc2cc(F)ccc2n1Cc1cccc(Cl)c1. The monoisotopic (exact) mass is 277 g/mol. The van der Waals surface area contributed by atoms with Gasteiger partial charge in [-0.1, -0.05) is 23.7 Å². The summed E-state index contributed by atoms with van der Waals surface area (Å²) in [7, 11) is 0. The maximum atomic E-state index is 13.1. The summed E-state index contributed by atoms with van der Waals surface area (Å²) in [5.41, 5.74) is 1.68. The van der Waals surface area contributed by atoms with Crippen molar-refractivity contribution >= 4 is 22.7 Å². The van der Waals surface area contributed by atoms with Gasteiger partial charge < -0.3 is 4.42 Å². The van der Waals surface area contributed by atoms with E-state index in [9.17, 15) is 9.18 Å². The fourth-order valence-electron chi connectivity index (χ4n) is 2.01. The summed E-state index contributed by atoms with van der Waals surface area (Å²) in [5, 5.41) is 0.601. The molecule has 0 aliphatic rings. The van der Waals surface area contributed by atoms with Crippen LogP contribution in [0.3, 0.4) is 0 Å². The summed E-state index contributed by atoms with van der Waals surface area (Å²) in [6.07, 6.45) is 0. The second-order valence-electron chi connectivity index (χ2n) is 4.20. The van der Waals surface area contributed by atoms with Gasteiger partial charge >= 0.3 is 5.76 Å². The Balaban J connectivity index is 2.10. The average Bonchev–Trinajstić information content (AvgIpc) is 2.65. The molecule has 0 saturated carbocycles. The molecule has 3 rings (SSSR count). The molecule has 0 saturated heterocycles. The summed E-state index contributed by atoms with van der Waals surface area (Å²) < 4.78 is 19.5. The predicted octanol–water partition coefficient (Wildman–Crippen LogP) is 3.44. The Morgan fingerprint density at radius 1 is 1.21 bits per heavy atom. The van der Waals surface area contributed by atoms with Crippen molar-refractivity contribution in [3.63, 3.8) is 0 Å². The first-order valence-electron chi connectivity index (χ1n) is 5.67. The Kier molecular flexibility index (Phi) is 2.87. The Hall–Kier alpha value is -2.07. The molecule has 0 amide bonds. The van der Waals surface area contributed by atoms with Crippen molar-refractivity contribution in [2.45, 2.75) is 6.54 Å². The summed E-state index contributed by atoms with van der Waals surface area (Å²) >= 11 is 5.90. The van der Waals surface area contributed by atoms with Crippen molar-refractivity contribution < 1.29 is 8.81 Å². The molecule has 0 fully saturated rings. The molecule has 3 aromatic rings. The molecule has 96 valence electrons. The van der Waals surface area contributed by atoms with Crippen molar-refractivity contribution in [2.75, 3.05) is 0 Å². The zero-order chi connectivity index (χ0) is 13.4. The van der Waals surface area contributed by atoms with Gasteiger partial charge in [0.25, 0.3) is 0 Å². The van der Waals surface area contributed by atoms with E-state index < -0.39 is 11.6 Å². The largest absolute Gasteiger partial charge is 0.420 e. The van der Waals surface area contributed by atoms with Gasteiger partial charge in [-0.25, -0.2) is 9.18 Å². The van der Waals surface area contributed by atoms with Gasteiger partial charge in [-0.15, -0.1) is 0 Å². The first kappa shape index (κ1) is 12.0. The lowest BCUT2D eigenvalue weighted by Crippen LogP contribution is -2.14. The van der Waals surface area contributed by atoms with E-state index in [4.69, 9.17) is 16.0 Å². The highest BCUT2D eigenvalue weighted by Gasteiger charge is 2.10. The summed E-state index contributed by atoms with van der Waals surface area (Å²) in [6.45, 7) is 0.331. The van der Waals surface area contributed by atoms with Crippen LogP contribution in [0.4, 0.5) is 4.39 Å². The third-order valence-electron chi connectivity index (χ3n) is 2.86. The number of nitrogens with zero attached hydrogens (tertiary/aromatic N) is 1. The average molecular weight is 278 g/mol. The molecule has 2 aromatic carbocycles. The molecule has 0 bridgehead atoms. The lowest BCUT2D eigenvalue weighted by molar-refractivity contribution is 0.515. The highest BCUT2D eigenvalue weighted by molar-refractivity contribution is 6.30. The fraction of sp³-hybridized carbons (Fsp3) is 0.0714. The van der Waals surface area contributed by atoms with Crippen LogP contribution in [0, 0.1) is 5.82 Å². The molecule has 0 unspecified atom stereocenters. The molecule has 0 N–H and O–H groups in total. The topological polar surface area (TPSA) is 35.1 Å². The molecular formula is C14H9ClFNO2. The molecule has 0 aliphatic carbocycles. The number of benzene rings is 2. The van der Waals surface area contributed by atoms with Crippen LogP contribution in [-0.2, 0) is 6.54 Å². The molecule has 3 nitrogen and oxygen atoms in total. The third kappa shape index (κ3) is 2.27. The minimum Gasteiger partial charge on any atom is -0.408 e. The molecule has 5 heteroatoms. The van der Waals surface area contributed by atoms with Crippen LogP contribution in [-0.4, -0.2) is 4.57 Å². The number of aromatic nitrogens is 1. The van der Waals surface area contributed by atoms with Crippen LogP contribution >= 0.6 is 11.6 Å². The molecule has 0 spiro atoms. The predicted molar refractivity (Wildman–Crippen MR) is 71.0 cm³/mol. The molecule has 1 aromatic heterocycles. The summed E-state index contributed by atoms with van der Waals surface area (Å²) in [4.78, 5) is 11.8. The van der Waals surface area contributed by atoms with Gasteiger partial charge in [-0.2, -0.15) is 0 Å². The second-order valence-corrected chi connectivity index (χ2v) is 4.63. The summed E-state index contributed by atoms with van der Waals surface area (Å²) in [6, 6.07) is 11.2.